The Labute approximate surface area is 316 Å². The summed E-state index contributed by atoms with van der Waals surface area (Å²) >= 11 is 4.81. The molecule has 0 radical (unpaired) electrons. The number of aryl methyl sites for hydroxylation is 2. The number of aromatic nitrogens is 4. The van der Waals surface area contributed by atoms with E-state index in [0.29, 0.717) is 48.2 Å². The molecule has 19 heteroatoms. The smallest absolute Gasteiger partial charge is 0.451 e. The molecule has 2 heterocycles. The number of anilines is 4. The highest BCUT2D eigenvalue weighted by Gasteiger charge is 2.23. The standard InChI is InChI=1S/C18H18F3N3O3.C14H12F3N3O.C4H7ClO2/c1-9(2)26-18(25)27-16-10-5-3-4-6-12(10)22-17(24-16)23-13-8-7-11(19)14(20)15(13)21;15-8-5-6-10(12(17)11(8)16)19-14-18-9-4-2-1-3-7(9)13(21)20-14;1-3(2)7-4(5)6/h7-9H,3-6H2,1-2H3,(H,22,23,24);5-6H,1-4H2,(H2,18,19,20,21);3H,1-2H3. The maximum atomic E-state index is 13.9. The van der Waals surface area contributed by atoms with Crippen LogP contribution in [-0.4, -0.2) is 43.7 Å². The lowest BCUT2D eigenvalue weighted by Crippen LogP contribution is -2.22. The first-order valence-corrected chi connectivity index (χ1v) is 17.5. The minimum atomic E-state index is -1.60. The van der Waals surface area contributed by atoms with Crippen LogP contribution in [0.2, 0.25) is 0 Å². The molecule has 6 rings (SSSR count). The maximum Gasteiger partial charge on any atom is 0.515 e. The van der Waals surface area contributed by atoms with E-state index in [-0.39, 0.29) is 46.9 Å². The number of fused-ring (bicyclic) bond motifs is 2. The molecule has 2 aliphatic rings. The van der Waals surface area contributed by atoms with Crippen molar-refractivity contribution in [1.82, 2.24) is 19.9 Å². The summed E-state index contributed by atoms with van der Waals surface area (Å²) in [5, 5.41) is 4.99. The van der Waals surface area contributed by atoms with Gasteiger partial charge in [-0.1, -0.05) is 0 Å². The van der Waals surface area contributed by atoms with Crippen molar-refractivity contribution in [2.75, 3.05) is 10.6 Å². The van der Waals surface area contributed by atoms with Crippen molar-refractivity contribution in [1.29, 1.82) is 0 Å². The largest absolute Gasteiger partial charge is 0.515 e. The van der Waals surface area contributed by atoms with Crippen LogP contribution in [0.5, 0.6) is 5.88 Å². The summed E-state index contributed by atoms with van der Waals surface area (Å²) in [6, 6.07) is 3.67. The minimum absolute atomic E-state index is 0.0100. The Balaban J connectivity index is 0.000000213. The number of rotatable bonds is 7. The van der Waals surface area contributed by atoms with Gasteiger partial charge in [0, 0.05) is 22.7 Å². The van der Waals surface area contributed by atoms with Crippen LogP contribution < -0.4 is 20.9 Å². The topological polar surface area (TPSA) is 157 Å². The number of carbonyl (C=O) groups is 2. The number of ether oxygens (including phenoxy) is 3. The summed E-state index contributed by atoms with van der Waals surface area (Å²) < 4.78 is 94.6. The Kier molecular flexibility index (Phi) is 14.8. The van der Waals surface area contributed by atoms with Gasteiger partial charge in [-0.05, 0) is 103 Å². The number of hydrogen-bond acceptors (Lipinski definition) is 11. The van der Waals surface area contributed by atoms with Crippen LogP contribution in [0.15, 0.2) is 29.1 Å². The Morgan fingerprint density at radius 1 is 0.691 bits per heavy atom. The Morgan fingerprint density at radius 3 is 1.73 bits per heavy atom. The second-order valence-electron chi connectivity index (χ2n) is 12.7. The first-order valence-electron chi connectivity index (χ1n) is 17.1. The van der Waals surface area contributed by atoms with Crippen molar-refractivity contribution in [3.8, 4) is 5.88 Å². The van der Waals surface area contributed by atoms with E-state index in [1.165, 1.54) is 0 Å². The van der Waals surface area contributed by atoms with Crippen LogP contribution in [0, 0.1) is 34.9 Å². The van der Waals surface area contributed by atoms with Crippen molar-refractivity contribution in [2.45, 2.75) is 91.3 Å². The van der Waals surface area contributed by atoms with Gasteiger partial charge < -0.3 is 24.8 Å². The van der Waals surface area contributed by atoms with Gasteiger partial charge in [-0.15, -0.1) is 0 Å². The molecule has 0 spiro atoms. The molecule has 12 nitrogen and oxygen atoms in total. The van der Waals surface area contributed by atoms with Crippen molar-refractivity contribution < 1.29 is 50.1 Å². The molecular formula is C36H37ClF6N6O6. The van der Waals surface area contributed by atoms with Crippen LogP contribution >= 0.6 is 11.6 Å². The maximum absolute atomic E-state index is 13.9. The summed E-state index contributed by atoms with van der Waals surface area (Å²) in [7, 11) is 0. The number of halogens is 7. The summed E-state index contributed by atoms with van der Waals surface area (Å²) in [4.78, 5) is 48.6. The normalized spacial score (nSPS) is 13.0. The molecule has 0 aliphatic heterocycles. The molecule has 0 amide bonds. The number of nitrogens with zero attached hydrogens (tertiary/aromatic N) is 3. The van der Waals surface area contributed by atoms with E-state index in [0.717, 1.165) is 49.9 Å². The van der Waals surface area contributed by atoms with Crippen molar-refractivity contribution >= 4 is 46.5 Å². The fourth-order valence-electron chi connectivity index (χ4n) is 5.34. The number of hydrogen-bond donors (Lipinski definition) is 3. The SMILES string of the molecule is CC(C)OC(=O)Cl.CC(C)OC(=O)Oc1nc(Nc2ccc(F)c(F)c2F)nc2c1CCCC2.O=c1[nH]c(Nc2ccc(F)c(F)c2F)nc2c1CCCC2. The molecule has 2 aliphatic carbocycles. The van der Waals surface area contributed by atoms with Crippen molar-refractivity contribution in [2.24, 2.45) is 0 Å². The average molecular weight is 799 g/mol. The lowest BCUT2D eigenvalue weighted by Gasteiger charge is -2.19. The van der Waals surface area contributed by atoms with E-state index in [4.69, 9.17) is 21.1 Å². The molecule has 0 fully saturated rings. The number of carbonyl (C=O) groups excluding carboxylic acids is 2. The van der Waals surface area contributed by atoms with Gasteiger partial charge in [-0.25, -0.2) is 45.9 Å². The molecule has 55 heavy (non-hydrogen) atoms. The summed E-state index contributed by atoms with van der Waals surface area (Å²) in [5.74, 6) is -8.55. The quantitative estimate of drug-likeness (QED) is 0.0709. The summed E-state index contributed by atoms with van der Waals surface area (Å²) in [5.41, 5.74) is 0.980. The number of H-pyrrole nitrogens is 1. The van der Waals surface area contributed by atoms with Crippen LogP contribution in [0.4, 0.5) is 59.2 Å². The highest BCUT2D eigenvalue weighted by atomic mass is 35.5. The van der Waals surface area contributed by atoms with Gasteiger partial charge in [0.1, 0.15) is 0 Å². The van der Waals surface area contributed by atoms with Crippen LogP contribution in [-0.2, 0) is 35.2 Å². The Bertz CT molecular complexity index is 2090. The number of aromatic amines is 1. The lowest BCUT2D eigenvalue weighted by molar-refractivity contribution is 0.0711. The average Bonchev–Trinajstić information content (AvgIpc) is 3.12. The van der Waals surface area contributed by atoms with Gasteiger partial charge in [0.05, 0.1) is 35.0 Å². The van der Waals surface area contributed by atoms with E-state index < -0.39 is 46.5 Å². The lowest BCUT2D eigenvalue weighted by atomic mass is 9.97. The predicted molar refractivity (Wildman–Crippen MR) is 189 cm³/mol. The molecule has 0 bridgehead atoms. The fourth-order valence-corrected chi connectivity index (χ4v) is 5.51. The Morgan fingerprint density at radius 2 is 1.20 bits per heavy atom. The summed E-state index contributed by atoms with van der Waals surface area (Å²) in [6.07, 6.45) is 4.84. The molecule has 296 valence electrons. The van der Waals surface area contributed by atoms with Gasteiger partial charge in [0.25, 0.3) is 5.56 Å². The Hall–Kier alpha value is -5.39. The highest BCUT2D eigenvalue weighted by Crippen LogP contribution is 2.31. The van der Waals surface area contributed by atoms with Crippen molar-refractivity contribution in [3.05, 3.63) is 92.0 Å². The van der Waals surface area contributed by atoms with Gasteiger partial charge in [-0.3, -0.25) is 9.78 Å². The van der Waals surface area contributed by atoms with Crippen LogP contribution in [0.25, 0.3) is 0 Å². The molecule has 4 aromatic rings. The van der Waals surface area contributed by atoms with Gasteiger partial charge in [0.2, 0.25) is 17.8 Å². The van der Waals surface area contributed by atoms with Gasteiger partial charge >= 0.3 is 11.6 Å². The van der Waals surface area contributed by atoms with E-state index in [9.17, 15) is 40.7 Å². The summed E-state index contributed by atoms with van der Waals surface area (Å²) in [6.45, 7) is 6.83. The molecule has 2 aromatic carbocycles. The first-order chi connectivity index (χ1) is 26.0. The second-order valence-corrected chi connectivity index (χ2v) is 13.0. The zero-order valence-electron chi connectivity index (χ0n) is 30.1. The van der Waals surface area contributed by atoms with Crippen LogP contribution in [0.1, 0.15) is 75.9 Å². The predicted octanol–water partition coefficient (Wildman–Crippen LogP) is 9.02. The van der Waals surface area contributed by atoms with Crippen molar-refractivity contribution in [3.63, 3.8) is 0 Å². The molecule has 3 N–H and O–H groups in total. The molecular weight excluding hydrogens is 762 g/mol. The first kappa shape index (κ1) is 42.4. The molecule has 2 aromatic heterocycles. The fraction of sp³-hybridized carbons (Fsp3) is 0.389. The monoisotopic (exact) mass is 798 g/mol. The van der Waals surface area contributed by atoms with Gasteiger partial charge in [0.15, 0.2) is 34.9 Å². The second kappa shape index (κ2) is 19.3. The number of benzene rings is 2. The molecule has 0 atom stereocenters. The minimum Gasteiger partial charge on any atom is -0.451 e. The third-order valence-electron chi connectivity index (χ3n) is 7.75. The molecule has 0 unspecified atom stereocenters. The van der Waals surface area contributed by atoms with E-state index in [1.54, 1.807) is 27.7 Å². The van der Waals surface area contributed by atoms with Crippen LogP contribution in [0.3, 0.4) is 0 Å². The third-order valence-corrected chi connectivity index (χ3v) is 7.84. The van der Waals surface area contributed by atoms with Gasteiger partial charge in [-0.2, -0.15) is 4.98 Å². The third kappa shape index (κ3) is 11.8. The molecule has 0 saturated carbocycles. The zero-order valence-corrected chi connectivity index (χ0v) is 30.8. The highest BCUT2D eigenvalue weighted by molar-refractivity contribution is 6.61. The molecule has 0 saturated heterocycles. The van der Waals surface area contributed by atoms with E-state index in [2.05, 4.69) is 35.3 Å². The van der Waals surface area contributed by atoms with E-state index >= 15 is 0 Å². The zero-order chi connectivity index (χ0) is 40.4. The number of nitrogens with one attached hydrogen (secondary N) is 3. The van der Waals surface area contributed by atoms with E-state index in [1.807, 2.05) is 0 Å².